The summed E-state index contributed by atoms with van der Waals surface area (Å²) in [6.45, 7) is 7.49. The molecule has 0 saturated carbocycles. The normalized spacial score (nSPS) is 9.50. The van der Waals surface area contributed by atoms with Crippen molar-refractivity contribution in [1.82, 2.24) is 9.88 Å². The molecule has 0 spiro atoms. The van der Waals surface area contributed by atoms with Crippen LogP contribution in [0.15, 0.2) is 24.4 Å². The summed E-state index contributed by atoms with van der Waals surface area (Å²) in [7, 11) is 0. The summed E-state index contributed by atoms with van der Waals surface area (Å²) in [5.74, 6) is -3.65. The number of hydrogen-bond acceptors (Lipinski definition) is 4. The third-order valence-corrected chi connectivity index (χ3v) is 2.19. The molecule has 0 amide bonds. The Morgan fingerprint density at radius 1 is 1.17 bits per heavy atom. The second kappa shape index (κ2) is 9.12. The van der Waals surface area contributed by atoms with Crippen LogP contribution in [0.1, 0.15) is 19.5 Å². The quantitative estimate of drug-likeness (QED) is 0.781. The van der Waals surface area contributed by atoms with Gasteiger partial charge in [-0.05, 0) is 25.2 Å². The van der Waals surface area contributed by atoms with Gasteiger partial charge in [0.1, 0.15) is 0 Å². The van der Waals surface area contributed by atoms with E-state index in [2.05, 4.69) is 29.8 Å². The van der Waals surface area contributed by atoms with Crippen LogP contribution in [0.4, 0.5) is 0 Å². The van der Waals surface area contributed by atoms with E-state index in [0.29, 0.717) is 0 Å². The fraction of sp³-hybridized carbons (Fsp3) is 0.417. The molecular formula is C12H18N2O4. The highest BCUT2D eigenvalue weighted by Crippen LogP contribution is 1.99. The van der Waals surface area contributed by atoms with E-state index in [0.717, 1.165) is 25.3 Å². The van der Waals surface area contributed by atoms with Crippen molar-refractivity contribution in [2.75, 3.05) is 13.1 Å². The zero-order chi connectivity index (χ0) is 14.0. The van der Waals surface area contributed by atoms with Crippen molar-refractivity contribution < 1.29 is 19.8 Å². The molecule has 1 aromatic rings. The maximum atomic E-state index is 9.10. The van der Waals surface area contributed by atoms with Gasteiger partial charge in [-0.2, -0.15) is 0 Å². The van der Waals surface area contributed by atoms with Crippen LogP contribution in [0, 0.1) is 0 Å². The van der Waals surface area contributed by atoms with Crippen molar-refractivity contribution in [3.63, 3.8) is 0 Å². The average molecular weight is 254 g/mol. The molecule has 1 rings (SSSR count). The Morgan fingerprint density at radius 3 is 2.06 bits per heavy atom. The first-order valence-corrected chi connectivity index (χ1v) is 5.59. The molecule has 2 N–H and O–H groups in total. The first-order valence-electron chi connectivity index (χ1n) is 5.59. The van der Waals surface area contributed by atoms with Crippen molar-refractivity contribution in [3.8, 4) is 0 Å². The maximum Gasteiger partial charge on any atom is 0.414 e. The van der Waals surface area contributed by atoms with Crippen LogP contribution >= 0.6 is 0 Å². The monoisotopic (exact) mass is 254 g/mol. The van der Waals surface area contributed by atoms with Crippen LogP contribution in [-0.2, 0) is 16.1 Å². The van der Waals surface area contributed by atoms with Gasteiger partial charge in [0.15, 0.2) is 0 Å². The van der Waals surface area contributed by atoms with E-state index < -0.39 is 11.9 Å². The number of carboxylic acid groups (broad SMARTS) is 2. The molecule has 0 radical (unpaired) electrons. The van der Waals surface area contributed by atoms with E-state index in [1.807, 2.05) is 18.3 Å². The summed E-state index contributed by atoms with van der Waals surface area (Å²) in [5.41, 5.74) is 1.15. The molecule has 0 fully saturated rings. The van der Waals surface area contributed by atoms with Gasteiger partial charge in [-0.15, -0.1) is 0 Å². The second-order valence-electron chi connectivity index (χ2n) is 3.39. The highest BCUT2D eigenvalue weighted by atomic mass is 16.4. The van der Waals surface area contributed by atoms with Gasteiger partial charge in [-0.25, -0.2) is 9.59 Å². The smallest absolute Gasteiger partial charge is 0.414 e. The lowest BCUT2D eigenvalue weighted by Crippen LogP contribution is -2.22. The van der Waals surface area contributed by atoms with Crippen LogP contribution in [0.5, 0.6) is 0 Å². The first kappa shape index (κ1) is 16.1. The zero-order valence-corrected chi connectivity index (χ0v) is 10.5. The fourth-order valence-electron chi connectivity index (χ4n) is 1.17. The van der Waals surface area contributed by atoms with E-state index in [-0.39, 0.29) is 0 Å². The van der Waals surface area contributed by atoms with Crippen molar-refractivity contribution in [1.29, 1.82) is 0 Å². The second-order valence-corrected chi connectivity index (χ2v) is 3.39. The average Bonchev–Trinajstić information content (AvgIpc) is 2.37. The molecule has 0 aromatic carbocycles. The van der Waals surface area contributed by atoms with Gasteiger partial charge in [0, 0.05) is 12.7 Å². The molecular weight excluding hydrogens is 236 g/mol. The fourth-order valence-corrected chi connectivity index (χ4v) is 1.17. The Kier molecular flexibility index (Phi) is 8.13. The molecule has 100 valence electrons. The van der Waals surface area contributed by atoms with Gasteiger partial charge in [-0.1, -0.05) is 19.9 Å². The van der Waals surface area contributed by atoms with Gasteiger partial charge in [0.05, 0.1) is 5.69 Å². The number of rotatable bonds is 4. The summed E-state index contributed by atoms with van der Waals surface area (Å²) in [4.78, 5) is 24.8. The Bertz CT molecular complexity index is 352. The number of nitrogens with zero attached hydrogens (tertiary/aromatic N) is 2. The van der Waals surface area contributed by atoms with Gasteiger partial charge in [0.25, 0.3) is 0 Å². The zero-order valence-electron chi connectivity index (χ0n) is 10.5. The summed E-state index contributed by atoms with van der Waals surface area (Å²) < 4.78 is 0. The van der Waals surface area contributed by atoms with E-state index in [4.69, 9.17) is 19.8 Å². The number of hydrogen-bond donors (Lipinski definition) is 2. The van der Waals surface area contributed by atoms with E-state index >= 15 is 0 Å². The Hall–Kier alpha value is -1.95. The summed E-state index contributed by atoms with van der Waals surface area (Å²) in [6.07, 6.45) is 1.85. The van der Waals surface area contributed by atoms with Gasteiger partial charge in [-0.3, -0.25) is 9.88 Å². The lowest BCUT2D eigenvalue weighted by atomic mass is 10.3. The minimum atomic E-state index is -1.82. The minimum Gasteiger partial charge on any atom is -0.473 e. The van der Waals surface area contributed by atoms with Gasteiger partial charge >= 0.3 is 11.9 Å². The topological polar surface area (TPSA) is 90.7 Å². The van der Waals surface area contributed by atoms with Gasteiger partial charge < -0.3 is 10.2 Å². The summed E-state index contributed by atoms with van der Waals surface area (Å²) in [6, 6.07) is 6.05. The molecule has 0 aliphatic carbocycles. The highest BCUT2D eigenvalue weighted by Gasteiger charge is 2.04. The predicted octanol–water partition coefficient (Wildman–Crippen LogP) is 1.08. The molecule has 1 heterocycles. The maximum absolute atomic E-state index is 9.10. The van der Waals surface area contributed by atoms with Crippen LogP contribution in [0.3, 0.4) is 0 Å². The molecule has 0 unspecified atom stereocenters. The van der Waals surface area contributed by atoms with E-state index in [1.165, 1.54) is 0 Å². The molecule has 18 heavy (non-hydrogen) atoms. The standard InChI is InChI=1S/C10H16N2.C2H2O4/c1-3-12(4-2)9-10-7-5-6-8-11-10;3-1(4)2(5)6/h5-8H,3-4,9H2,1-2H3;(H,3,4)(H,5,6). The first-order chi connectivity index (χ1) is 8.51. The van der Waals surface area contributed by atoms with Crippen molar-refractivity contribution >= 4 is 11.9 Å². The lowest BCUT2D eigenvalue weighted by molar-refractivity contribution is -0.159. The molecule has 0 aliphatic heterocycles. The number of carbonyl (C=O) groups is 2. The third-order valence-electron chi connectivity index (χ3n) is 2.19. The van der Waals surface area contributed by atoms with E-state index in [1.54, 1.807) is 0 Å². The predicted molar refractivity (Wildman–Crippen MR) is 66.1 cm³/mol. The molecule has 0 saturated heterocycles. The molecule has 6 heteroatoms. The lowest BCUT2D eigenvalue weighted by Gasteiger charge is -2.16. The number of aromatic nitrogens is 1. The third kappa shape index (κ3) is 7.34. The largest absolute Gasteiger partial charge is 0.473 e. The molecule has 0 atom stereocenters. The molecule has 0 bridgehead atoms. The van der Waals surface area contributed by atoms with Crippen molar-refractivity contribution in [2.45, 2.75) is 20.4 Å². The van der Waals surface area contributed by atoms with E-state index in [9.17, 15) is 0 Å². The van der Waals surface area contributed by atoms with Crippen LogP contribution in [-0.4, -0.2) is 45.1 Å². The summed E-state index contributed by atoms with van der Waals surface area (Å²) in [5, 5.41) is 14.8. The number of pyridine rings is 1. The number of carboxylic acids is 2. The molecule has 1 aromatic heterocycles. The summed E-state index contributed by atoms with van der Waals surface area (Å²) >= 11 is 0. The van der Waals surface area contributed by atoms with Crippen molar-refractivity contribution in [3.05, 3.63) is 30.1 Å². The molecule has 6 nitrogen and oxygen atoms in total. The van der Waals surface area contributed by atoms with Crippen molar-refractivity contribution in [2.24, 2.45) is 0 Å². The Labute approximate surface area is 106 Å². The van der Waals surface area contributed by atoms with Crippen LogP contribution < -0.4 is 0 Å². The van der Waals surface area contributed by atoms with Gasteiger partial charge in [0.2, 0.25) is 0 Å². The van der Waals surface area contributed by atoms with Crippen LogP contribution in [0.25, 0.3) is 0 Å². The minimum absolute atomic E-state index is 0.966. The van der Waals surface area contributed by atoms with Crippen LogP contribution in [0.2, 0.25) is 0 Å². The number of aliphatic carboxylic acids is 2. The Balaban J connectivity index is 0.000000411. The Morgan fingerprint density at radius 2 is 1.72 bits per heavy atom. The SMILES string of the molecule is CCN(CC)Cc1ccccn1.O=C(O)C(=O)O. The highest BCUT2D eigenvalue weighted by molar-refractivity contribution is 6.27. The molecule has 0 aliphatic rings.